The van der Waals surface area contributed by atoms with Crippen LogP contribution in [0.25, 0.3) is 0 Å². The normalized spacial score (nSPS) is 10.7. The second-order valence-electron chi connectivity index (χ2n) is 4.58. The number of aryl methyl sites for hydroxylation is 1. The summed E-state index contributed by atoms with van der Waals surface area (Å²) in [4.78, 5) is 12.1. The van der Waals surface area contributed by atoms with Crippen LogP contribution in [0.4, 0.5) is 4.39 Å². The molecular weight excluding hydrogens is 277 g/mol. The highest BCUT2D eigenvalue weighted by Crippen LogP contribution is 2.11. The molecule has 20 heavy (non-hydrogen) atoms. The average Bonchev–Trinajstić information content (AvgIpc) is 2.74. The van der Waals surface area contributed by atoms with Crippen LogP contribution >= 0.6 is 12.2 Å². The van der Waals surface area contributed by atoms with Crippen LogP contribution in [0.15, 0.2) is 35.4 Å². The zero-order valence-electron chi connectivity index (χ0n) is 11.2. The number of rotatable bonds is 5. The third-order valence-electron chi connectivity index (χ3n) is 3.03. The van der Waals surface area contributed by atoms with Crippen molar-refractivity contribution >= 4 is 17.2 Å². The fourth-order valence-electron chi connectivity index (χ4n) is 2.04. The lowest BCUT2D eigenvalue weighted by atomic mass is 10.1. The van der Waals surface area contributed by atoms with Gasteiger partial charge in [0.1, 0.15) is 10.8 Å². The first-order chi connectivity index (χ1) is 9.52. The van der Waals surface area contributed by atoms with Gasteiger partial charge in [-0.15, -0.1) is 0 Å². The van der Waals surface area contributed by atoms with Crippen molar-refractivity contribution in [2.75, 3.05) is 0 Å². The van der Waals surface area contributed by atoms with Crippen LogP contribution in [0.5, 0.6) is 0 Å². The standard InChI is InChI=1S/C14H16FN3OS/c1-2-5-17-6-7-18(14(17)19)9-10-3-4-12(15)11(8-10)13(16)20/h3-4,6-8H,2,5,9H2,1H3,(H2,16,20). The molecule has 1 aromatic carbocycles. The quantitative estimate of drug-likeness (QED) is 0.856. The molecule has 0 aliphatic heterocycles. The number of halogens is 1. The van der Waals surface area contributed by atoms with Gasteiger partial charge in [0, 0.05) is 24.5 Å². The van der Waals surface area contributed by atoms with Gasteiger partial charge in [-0.25, -0.2) is 9.18 Å². The summed E-state index contributed by atoms with van der Waals surface area (Å²) in [6, 6.07) is 4.53. The van der Waals surface area contributed by atoms with Crippen LogP contribution < -0.4 is 11.4 Å². The molecule has 6 heteroatoms. The Kier molecular flexibility index (Phi) is 4.34. The van der Waals surface area contributed by atoms with Crippen LogP contribution in [0, 0.1) is 5.82 Å². The average molecular weight is 293 g/mol. The van der Waals surface area contributed by atoms with Gasteiger partial charge in [-0.1, -0.05) is 25.2 Å². The lowest BCUT2D eigenvalue weighted by Gasteiger charge is -2.06. The summed E-state index contributed by atoms with van der Waals surface area (Å²) in [5.41, 5.74) is 6.38. The summed E-state index contributed by atoms with van der Waals surface area (Å²) >= 11 is 4.80. The number of benzene rings is 1. The lowest BCUT2D eigenvalue weighted by Crippen LogP contribution is -2.24. The van der Waals surface area contributed by atoms with Crippen LogP contribution in [-0.4, -0.2) is 14.1 Å². The van der Waals surface area contributed by atoms with Crippen molar-refractivity contribution in [3.05, 3.63) is 58.0 Å². The van der Waals surface area contributed by atoms with E-state index in [1.54, 1.807) is 33.7 Å². The van der Waals surface area contributed by atoms with Gasteiger partial charge in [0.25, 0.3) is 0 Å². The summed E-state index contributed by atoms with van der Waals surface area (Å²) in [5, 5.41) is 0. The third-order valence-corrected chi connectivity index (χ3v) is 3.25. The lowest BCUT2D eigenvalue weighted by molar-refractivity contribution is 0.617. The molecule has 1 aromatic heterocycles. The largest absolute Gasteiger partial charge is 0.389 e. The Hall–Kier alpha value is -1.95. The van der Waals surface area contributed by atoms with E-state index >= 15 is 0 Å². The van der Waals surface area contributed by atoms with Gasteiger partial charge in [0.2, 0.25) is 0 Å². The molecule has 0 fully saturated rings. The molecule has 2 N–H and O–H groups in total. The van der Waals surface area contributed by atoms with E-state index < -0.39 is 5.82 Å². The minimum absolute atomic E-state index is 0.0141. The number of hydrogen-bond acceptors (Lipinski definition) is 2. The van der Waals surface area contributed by atoms with E-state index in [-0.39, 0.29) is 16.2 Å². The fraction of sp³-hybridized carbons (Fsp3) is 0.286. The van der Waals surface area contributed by atoms with Gasteiger partial charge in [-0.3, -0.25) is 9.13 Å². The first-order valence-corrected chi connectivity index (χ1v) is 6.77. The maximum Gasteiger partial charge on any atom is 0.328 e. The molecule has 0 unspecified atom stereocenters. The summed E-state index contributed by atoms with van der Waals surface area (Å²) in [7, 11) is 0. The molecule has 0 atom stereocenters. The Morgan fingerprint density at radius 3 is 2.70 bits per heavy atom. The molecule has 0 spiro atoms. The Morgan fingerprint density at radius 1 is 1.35 bits per heavy atom. The number of nitrogens with two attached hydrogens (primary N) is 1. The third kappa shape index (κ3) is 2.96. The monoisotopic (exact) mass is 293 g/mol. The first kappa shape index (κ1) is 14.5. The molecule has 1 heterocycles. The number of thiocarbonyl (C=S) groups is 1. The van der Waals surface area contributed by atoms with E-state index in [2.05, 4.69) is 0 Å². The van der Waals surface area contributed by atoms with E-state index in [0.717, 1.165) is 12.0 Å². The van der Waals surface area contributed by atoms with Gasteiger partial charge < -0.3 is 5.73 Å². The summed E-state index contributed by atoms with van der Waals surface area (Å²) in [5.74, 6) is -0.447. The van der Waals surface area contributed by atoms with Crippen molar-refractivity contribution in [3.8, 4) is 0 Å². The zero-order chi connectivity index (χ0) is 14.7. The van der Waals surface area contributed by atoms with Crippen LogP contribution in [0.3, 0.4) is 0 Å². The number of imidazole rings is 1. The van der Waals surface area contributed by atoms with E-state index in [1.165, 1.54) is 6.07 Å². The van der Waals surface area contributed by atoms with Crippen molar-refractivity contribution in [1.82, 2.24) is 9.13 Å². The zero-order valence-corrected chi connectivity index (χ0v) is 12.0. The Labute approximate surface area is 121 Å². The van der Waals surface area contributed by atoms with E-state index in [0.29, 0.717) is 13.1 Å². The van der Waals surface area contributed by atoms with Crippen LogP contribution in [0.2, 0.25) is 0 Å². The highest BCUT2D eigenvalue weighted by molar-refractivity contribution is 7.80. The van der Waals surface area contributed by atoms with Crippen LogP contribution in [0.1, 0.15) is 24.5 Å². The predicted octanol–water partition coefficient (Wildman–Crippen LogP) is 1.88. The minimum Gasteiger partial charge on any atom is -0.389 e. The maximum atomic E-state index is 13.5. The SMILES string of the molecule is CCCn1ccn(Cc2ccc(F)c(C(N)=S)c2)c1=O. The van der Waals surface area contributed by atoms with Gasteiger partial charge in [0.15, 0.2) is 0 Å². The molecule has 4 nitrogen and oxygen atoms in total. The van der Waals surface area contributed by atoms with Crippen molar-refractivity contribution in [2.24, 2.45) is 5.73 Å². The Morgan fingerprint density at radius 2 is 2.05 bits per heavy atom. The molecule has 0 bridgehead atoms. The van der Waals surface area contributed by atoms with Crippen LogP contribution in [-0.2, 0) is 13.1 Å². The molecule has 106 valence electrons. The van der Waals surface area contributed by atoms with E-state index in [4.69, 9.17) is 18.0 Å². The van der Waals surface area contributed by atoms with Gasteiger partial charge in [0.05, 0.1) is 6.54 Å². The van der Waals surface area contributed by atoms with Gasteiger partial charge in [-0.05, 0) is 24.1 Å². The van der Waals surface area contributed by atoms with Crippen molar-refractivity contribution in [2.45, 2.75) is 26.4 Å². The van der Waals surface area contributed by atoms with Gasteiger partial charge in [-0.2, -0.15) is 0 Å². The topological polar surface area (TPSA) is 52.9 Å². The van der Waals surface area contributed by atoms with E-state index in [9.17, 15) is 9.18 Å². The van der Waals surface area contributed by atoms with E-state index in [1.807, 2.05) is 6.92 Å². The highest BCUT2D eigenvalue weighted by Gasteiger charge is 2.08. The second-order valence-corrected chi connectivity index (χ2v) is 5.02. The molecule has 0 aliphatic rings. The molecule has 0 saturated heterocycles. The first-order valence-electron chi connectivity index (χ1n) is 6.36. The molecule has 0 radical (unpaired) electrons. The predicted molar refractivity (Wildman–Crippen MR) is 80.4 cm³/mol. The molecule has 0 aliphatic carbocycles. The summed E-state index contributed by atoms with van der Waals surface area (Å²) < 4.78 is 16.7. The Balaban J connectivity index is 2.29. The smallest absolute Gasteiger partial charge is 0.328 e. The molecule has 0 amide bonds. The maximum absolute atomic E-state index is 13.5. The summed E-state index contributed by atoms with van der Waals surface area (Å²) in [6.07, 6.45) is 4.37. The number of nitrogens with zero attached hydrogens (tertiary/aromatic N) is 2. The molecule has 2 aromatic rings. The molecular formula is C14H16FN3OS. The summed E-state index contributed by atoms with van der Waals surface area (Å²) in [6.45, 7) is 3.07. The van der Waals surface area contributed by atoms with Crippen molar-refractivity contribution in [1.29, 1.82) is 0 Å². The van der Waals surface area contributed by atoms with Crippen molar-refractivity contribution < 1.29 is 4.39 Å². The molecule has 0 saturated carbocycles. The highest BCUT2D eigenvalue weighted by atomic mass is 32.1. The molecule has 2 rings (SSSR count). The Bertz CT molecular complexity index is 690. The minimum atomic E-state index is -0.447. The second kappa shape index (κ2) is 6.00. The number of aromatic nitrogens is 2. The number of hydrogen-bond donors (Lipinski definition) is 1. The fourth-order valence-corrected chi connectivity index (χ4v) is 2.20. The van der Waals surface area contributed by atoms with Crippen molar-refractivity contribution in [3.63, 3.8) is 0 Å². The van der Waals surface area contributed by atoms with Gasteiger partial charge >= 0.3 is 5.69 Å².